The molecule has 2 atom stereocenters. The quantitative estimate of drug-likeness (QED) is 0.447. The molecule has 1 aliphatic heterocycles. The number of carbonyl (C=O) groups is 2. The molecule has 1 aromatic carbocycles. The molecule has 0 bridgehead atoms. The van der Waals surface area contributed by atoms with Crippen LogP contribution in [0.1, 0.15) is 37.4 Å². The zero-order valence-electron chi connectivity index (χ0n) is 18.6. The first kappa shape index (κ1) is 23.6. The smallest absolute Gasteiger partial charge is 0.336 e. The van der Waals surface area contributed by atoms with Crippen LogP contribution in [-0.4, -0.2) is 35.8 Å². The Balaban J connectivity index is 1.85. The average molecular weight is 444 g/mol. The van der Waals surface area contributed by atoms with Crippen molar-refractivity contribution in [2.75, 3.05) is 13.2 Å². The largest absolute Gasteiger partial charge is 0.464 e. The van der Waals surface area contributed by atoms with Crippen LogP contribution in [-0.2, 0) is 19.1 Å². The highest BCUT2D eigenvalue weighted by molar-refractivity contribution is 6.06. The summed E-state index contributed by atoms with van der Waals surface area (Å²) in [6.07, 6.45) is 5.31. The lowest BCUT2D eigenvalue weighted by atomic mass is 9.77. The van der Waals surface area contributed by atoms with Crippen LogP contribution in [0.4, 0.5) is 0 Å². The molecule has 33 heavy (non-hydrogen) atoms. The number of hydrogen-bond acceptors (Lipinski definition) is 7. The zero-order valence-corrected chi connectivity index (χ0v) is 18.6. The predicted octanol–water partition coefficient (Wildman–Crippen LogP) is 4.24. The molecule has 0 saturated heterocycles. The third kappa shape index (κ3) is 6.01. The van der Waals surface area contributed by atoms with Crippen LogP contribution in [0.5, 0.6) is 0 Å². The number of pyridine rings is 1. The molecule has 2 unspecified atom stereocenters. The first-order valence-corrected chi connectivity index (χ1v) is 10.6. The number of benzene rings is 1. The second kappa shape index (κ2) is 11.5. The monoisotopic (exact) mass is 443 g/mol. The molecule has 1 aromatic heterocycles. The Hall–Kier alpha value is -4.05. The maximum atomic E-state index is 13.1. The minimum absolute atomic E-state index is 0.0270. The number of rotatable bonds is 8. The van der Waals surface area contributed by atoms with Crippen molar-refractivity contribution in [2.24, 2.45) is 10.9 Å². The van der Waals surface area contributed by atoms with E-state index in [4.69, 9.17) is 14.7 Å². The van der Waals surface area contributed by atoms with E-state index < -0.39 is 23.8 Å². The molecule has 0 spiro atoms. The van der Waals surface area contributed by atoms with Crippen LogP contribution in [0.25, 0.3) is 6.08 Å². The van der Waals surface area contributed by atoms with Crippen LogP contribution in [0.15, 0.2) is 77.1 Å². The van der Waals surface area contributed by atoms with Gasteiger partial charge in [-0.3, -0.25) is 14.8 Å². The molecule has 0 fully saturated rings. The summed E-state index contributed by atoms with van der Waals surface area (Å²) >= 11 is 0. The third-order valence-corrected chi connectivity index (χ3v) is 5.19. The van der Waals surface area contributed by atoms with E-state index in [-0.39, 0.29) is 25.2 Å². The second-order valence-electron chi connectivity index (χ2n) is 7.45. The Morgan fingerprint density at radius 2 is 1.85 bits per heavy atom. The number of allylic oxidation sites excluding steroid dienone is 1. The summed E-state index contributed by atoms with van der Waals surface area (Å²) in [4.78, 5) is 34.9. The molecule has 7 heteroatoms. The standard InChI is InChI=1S/C26H25N3O4/c1-18-22(25(30)32-16-8-12-20-10-4-3-5-11-20)24(21-13-6-7-15-28-21)23(19(2)29-18)26(31)33-17-9-14-27/h3-8,10-13,15,23-24H,9,16-17H2,1-2H3. The Morgan fingerprint density at radius 3 is 2.55 bits per heavy atom. The third-order valence-electron chi connectivity index (χ3n) is 5.19. The van der Waals surface area contributed by atoms with E-state index in [9.17, 15) is 9.59 Å². The Bertz CT molecular complexity index is 1120. The van der Waals surface area contributed by atoms with Crippen molar-refractivity contribution in [1.82, 2.24) is 4.98 Å². The van der Waals surface area contributed by atoms with Crippen LogP contribution in [0, 0.1) is 17.2 Å². The lowest BCUT2D eigenvalue weighted by Gasteiger charge is -2.30. The van der Waals surface area contributed by atoms with E-state index in [1.807, 2.05) is 42.5 Å². The normalized spacial score (nSPS) is 17.9. The van der Waals surface area contributed by atoms with Crippen molar-refractivity contribution in [2.45, 2.75) is 26.2 Å². The summed E-state index contributed by atoms with van der Waals surface area (Å²) < 4.78 is 10.8. The lowest BCUT2D eigenvalue weighted by molar-refractivity contribution is -0.146. The number of aliphatic imine (C=N–C) groups is 1. The number of nitriles is 1. The molecule has 0 radical (unpaired) electrons. The number of aromatic nitrogens is 1. The maximum Gasteiger partial charge on any atom is 0.336 e. The van der Waals surface area contributed by atoms with Gasteiger partial charge in [0.2, 0.25) is 0 Å². The fourth-order valence-electron chi connectivity index (χ4n) is 3.72. The van der Waals surface area contributed by atoms with E-state index in [1.54, 1.807) is 44.3 Å². The van der Waals surface area contributed by atoms with Gasteiger partial charge in [0.1, 0.15) is 19.1 Å². The summed E-state index contributed by atoms with van der Waals surface area (Å²) in [6, 6.07) is 16.9. The molecular weight excluding hydrogens is 418 g/mol. The van der Waals surface area contributed by atoms with E-state index in [0.29, 0.717) is 17.1 Å². The molecule has 7 nitrogen and oxygen atoms in total. The van der Waals surface area contributed by atoms with Gasteiger partial charge in [0.15, 0.2) is 0 Å². The number of hydrogen-bond donors (Lipinski definition) is 0. The number of ether oxygens (including phenoxy) is 2. The van der Waals surface area contributed by atoms with Crippen molar-refractivity contribution in [3.63, 3.8) is 0 Å². The van der Waals surface area contributed by atoms with E-state index in [1.165, 1.54) is 0 Å². The summed E-state index contributed by atoms with van der Waals surface area (Å²) in [5, 5.41) is 8.75. The van der Waals surface area contributed by atoms with Crippen molar-refractivity contribution in [1.29, 1.82) is 5.26 Å². The van der Waals surface area contributed by atoms with Gasteiger partial charge in [-0.05, 0) is 37.6 Å². The SMILES string of the molecule is CC1=NC(C)=C(C(=O)OCC=Cc2ccccc2)C(c2ccccn2)C1C(=O)OCCC#N. The molecule has 0 saturated carbocycles. The van der Waals surface area contributed by atoms with Gasteiger partial charge in [-0.2, -0.15) is 5.26 Å². The van der Waals surface area contributed by atoms with Crippen molar-refractivity contribution in [3.05, 3.63) is 83.3 Å². The van der Waals surface area contributed by atoms with E-state index >= 15 is 0 Å². The Kier molecular flexibility index (Phi) is 8.25. The van der Waals surface area contributed by atoms with Crippen LogP contribution in [0.3, 0.4) is 0 Å². The van der Waals surface area contributed by atoms with Crippen molar-refractivity contribution in [3.8, 4) is 6.07 Å². The summed E-state index contributed by atoms with van der Waals surface area (Å²) in [6.45, 7) is 3.48. The highest BCUT2D eigenvalue weighted by Crippen LogP contribution is 2.39. The van der Waals surface area contributed by atoms with Gasteiger partial charge in [-0.1, -0.05) is 42.5 Å². The van der Waals surface area contributed by atoms with Gasteiger partial charge in [0.25, 0.3) is 0 Å². The number of nitrogens with zero attached hydrogens (tertiary/aromatic N) is 3. The molecule has 0 amide bonds. The Morgan fingerprint density at radius 1 is 1.09 bits per heavy atom. The van der Waals surface area contributed by atoms with Gasteiger partial charge >= 0.3 is 11.9 Å². The summed E-state index contributed by atoms with van der Waals surface area (Å²) in [7, 11) is 0. The van der Waals surface area contributed by atoms with Crippen LogP contribution < -0.4 is 0 Å². The van der Waals surface area contributed by atoms with Gasteiger partial charge < -0.3 is 9.47 Å². The maximum absolute atomic E-state index is 13.1. The van der Waals surface area contributed by atoms with Crippen LogP contribution >= 0.6 is 0 Å². The average Bonchev–Trinajstić information content (AvgIpc) is 2.82. The second-order valence-corrected chi connectivity index (χ2v) is 7.45. The molecule has 2 heterocycles. The van der Waals surface area contributed by atoms with Crippen LogP contribution in [0.2, 0.25) is 0 Å². The van der Waals surface area contributed by atoms with Crippen molar-refractivity contribution < 1.29 is 19.1 Å². The minimum atomic E-state index is -0.843. The van der Waals surface area contributed by atoms with Gasteiger partial charge in [0, 0.05) is 23.3 Å². The highest BCUT2D eigenvalue weighted by Gasteiger charge is 2.43. The van der Waals surface area contributed by atoms with Gasteiger partial charge in [-0.25, -0.2) is 4.79 Å². The molecule has 2 aromatic rings. The molecular formula is C26H25N3O4. The molecule has 0 aliphatic carbocycles. The topological polar surface area (TPSA) is 102 Å². The fourth-order valence-corrected chi connectivity index (χ4v) is 3.72. The minimum Gasteiger partial charge on any atom is -0.464 e. The van der Waals surface area contributed by atoms with Gasteiger partial charge in [-0.15, -0.1) is 0 Å². The van der Waals surface area contributed by atoms with Gasteiger partial charge in [0.05, 0.1) is 24.0 Å². The molecule has 0 N–H and O–H groups in total. The molecule has 1 aliphatic rings. The predicted molar refractivity (Wildman–Crippen MR) is 124 cm³/mol. The molecule has 168 valence electrons. The molecule has 3 rings (SSSR count). The van der Waals surface area contributed by atoms with E-state index in [2.05, 4.69) is 9.98 Å². The van der Waals surface area contributed by atoms with E-state index in [0.717, 1.165) is 5.56 Å². The lowest BCUT2D eigenvalue weighted by Crippen LogP contribution is -2.37. The first-order valence-electron chi connectivity index (χ1n) is 10.6. The van der Waals surface area contributed by atoms with Crippen molar-refractivity contribution >= 4 is 23.7 Å². The summed E-state index contributed by atoms with van der Waals surface area (Å²) in [5.41, 5.74) is 2.80. The number of esters is 2. The summed E-state index contributed by atoms with van der Waals surface area (Å²) in [5.74, 6) is -2.66. The Labute approximate surface area is 193 Å². The first-order chi connectivity index (χ1) is 16.0. The highest BCUT2D eigenvalue weighted by atomic mass is 16.5. The fraction of sp³-hybridized carbons (Fsp3) is 0.269. The number of carbonyl (C=O) groups excluding carboxylic acids is 2. The zero-order chi connectivity index (χ0) is 23.6.